The van der Waals surface area contributed by atoms with Crippen molar-refractivity contribution < 1.29 is 22.7 Å². The molecule has 0 saturated heterocycles. The molecule has 0 radical (unpaired) electrons. The van der Waals surface area contributed by atoms with Crippen LogP contribution >= 0.6 is 11.6 Å². The van der Waals surface area contributed by atoms with Crippen LogP contribution in [0.2, 0.25) is 5.02 Å². The van der Waals surface area contributed by atoms with Crippen molar-refractivity contribution in [1.82, 2.24) is 0 Å². The molecule has 0 aliphatic carbocycles. The van der Waals surface area contributed by atoms with Gasteiger partial charge in [-0.2, -0.15) is 0 Å². The molecule has 0 saturated carbocycles. The topological polar surface area (TPSA) is 108 Å². The van der Waals surface area contributed by atoms with Gasteiger partial charge in [-0.15, -0.1) is 0 Å². The van der Waals surface area contributed by atoms with Crippen LogP contribution in [0.5, 0.6) is 5.75 Å². The first-order chi connectivity index (χ1) is 10.7. The molecular weight excluding hydrogens is 344 g/mol. The Bertz CT molecular complexity index is 632. The van der Waals surface area contributed by atoms with Gasteiger partial charge in [0.05, 0.1) is 24.0 Å². The SMILES string of the molecule is COC(CN)CC(=O)Nc1cc(Cl)ccc1OCCS(C)(=O)=O. The lowest BCUT2D eigenvalue weighted by Crippen LogP contribution is -2.28. The second kappa shape index (κ2) is 9.07. The minimum Gasteiger partial charge on any atom is -0.490 e. The van der Waals surface area contributed by atoms with Crippen LogP contribution in [0.25, 0.3) is 0 Å². The van der Waals surface area contributed by atoms with Crippen LogP contribution < -0.4 is 15.8 Å². The van der Waals surface area contributed by atoms with E-state index in [1.807, 2.05) is 0 Å². The van der Waals surface area contributed by atoms with E-state index < -0.39 is 9.84 Å². The predicted molar refractivity (Wildman–Crippen MR) is 89.8 cm³/mol. The number of hydrogen-bond donors (Lipinski definition) is 2. The van der Waals surface area contributed by atoms with Crippen molar-refractivity contribution in [2.24, 2.45) is 5.73 Å². The summed E-state index contributed by atoms with van der Waals surface area (Å²) in [5.41, 5.74) is 5.84. The van der Waals surface area contributed by atoms with Crippen LogP contribution in [0.15, 0.2) is 18.2 Å². The molecule has 9 heteroatoms. The first kappa shape index (κ1) is 19.7. The molecule has 0 aliphatic heterocycles. The molecule has 1 aromatic carbocycles. The van der Waals surface area contributed by atoms with E-state index in [4.69, 9.17) is 26.8 Å². The van der Waals surface area contributed by atoms with Crippen molar-refractivity contribution in [3.8, 4) is 5.75 Å². The third kappa shape index (κ3) is 7.65. The van der Waals surface area contributed by atoms with Gasteiger partial charge >= 0.3 is 0 Å². The van der Waals surface area contributed by atoms with Gasteiger partial charge in [-0.1, -0.05) is 11.6 Å². The Kier molecular flexibility index (Phi) is 7.77. The maximum absolute atomic E-state index is 12.0. The Morgan fingerprint density at radius 1 is 1.43 bits per heavy atom. The Labute approximate surface area is 141 Å². The highest BCUT2D eigenvalue weighted by Gasteiger charge is 2.14. The van der Waals surface area contributed by atoms with Crippen molar-refractivity contribution in [1.29, 1.82) is 0 Å². The number of halogens is 1. The molecule has 1 atom stereocenters. The summed E-state index contributed by atoms with van der Waals surface area (Å²) in [5.74, 6) is -0.0901. The first-order valence-corrected chi connectivity index (χ1v) is 9.31. The van der Waals surface area contributed by atoms with E-state index in [1.54, 1.807) is 12.1 Å². The van der Waals surface area contributed by atoms with Gasteiger partial charge in [0.15, 0.2) is 9.84 Å². The Hall–Kier alpha value is -1.35. The van der Waals surface area contributed by atoms with Gasteiger partial charge < -0.3 is 20.5 Å². The number of anilines is 1. The first-order valence-electron chi connectivity index (χ1n) is 6.88. The molecule has 0 bridgehead atoms. The Balaban J connectivity index is 2.76. The van der Waals surface area contributed by atoms with Crippen molar-refractivity contribution in [3.05, 3.63) is 23.2 Å². The molecule has 0 aromatic heterocycles. The number of nitrogens with one attached hydrogen (secondary N) is 1. The molecule has 1 aromatic rings. The van der Waals surface area contributed by atoms with Gasteiger partial charge in [0.1, 0.15) is 12.4 Å². The molecule has 0 fully saturated rings. The van der Waals surface area contributed by atoms with E-state index in [0.717, 1.165) is 6.26 Å². The summed E-state index contributed by atoms with van der Waals surface area (Å²) in [7, 11) is -1.65. The van der Waals surface area contributed by atoms with Crippen molar-refractivity contribution >= 4 is 33.0 Å². The minimum absolute atomic E-state index is 0.0210. The number of nitrogens with two attached hydrogens (primary N) is 1. The van der Waals surface area contributed by atoms with Crippen molar-refractivity contribution in [2.45, 2.75) is 12.5 Å². The van der Waals surface area contributed by atoms with Crippen LogP contribution in [-0.4, -0.2) is 52.7 Å². The lowest BCUT2D eigenvalue weighted by atomic mass is 10.2. The molecule has 1 rings (SSSR count). The number of ether oxygens (including phenoxy) is 2. The Morgan fingerprint density at radius 2 is 2.13 bits per heavy atom. The molecule has 1 unspecified atom stereocenters. The third-order valence-corrected chi connectivity index (χ3v) is 4.08. The lowest BCUT2D eigenvalue weighted by molar-refractivity contribution is -0.118. The summed E-state index contributed by atoms with van der Waals surface area (Å²) in [6.45, 7) is 0.198. The monoisotopic (exact) mass is 364 g/mol. The molecular formula is C14H21ClN2O5S. The van der Waals surface area contributed by atoms with Crippen LogP contribution in [0.3, 0.4) is 0 Å². The van der Waals surface area contributed by atoms with E-state index in [0.29, 0.717) is 16.5 Å². The maximum atomic E-state index is 12.0. The summed E-state index contributed by atoms with van der Waals surface area (Å²) in [6.07, 6.45) is 0.824. The van der Waals surface area contributed by atoms with E-state index in [1.165, 1.54) is 13.2 Å². The zero-order valence-corrected chi connectivity index (χ0v) is 14.6. The number of sulfone groups is 1. The molecule has 0 aliphatic rings. The fraction of sp³-hybridized carbons (Fsp3) is 0.500. The van der Waals surface area contributed by atoms with Crippen molar-refractivity contribution in [2.75, 3.05) is 37.6 Å². The molecule has 0 spiro atoms. The largest absolute Gasteiger partial charge is 0.490 e. The number of methoxy groups -OCH3 is 1. The van der Waals surface area contributed by atoms with E-state index in [9.17, 15) is 13.2 Å². The van der Waals surface area contributed by atoms with Gasteiger partial charge in [0.2, 0.25) is 5.91 Å². The fourth-order valence-electron chi connectivity index (χ4n) is 1.70. The van der Waals surface area contributed by atoms with Crippen molar-refractivity contribution in [3.63, 3.8) is 0 Å². The second-order valence-electron chi connectivity index (χ2n) is 4.96. The number of amides is 1. The molecule has 7 nitrogen and oxygen atoms in total. The maximum Gasteiger partial charge on any atom is 0.227 e. The summed E-state index contributed by atoms with van der Waals surface area (Å²) in [4.78, 5) is 12.0. The molecule has 23 heavy (non-hydrogen) atoms. The number of hydrogen-bond acceptors (Lipinski definition) is 6. The summed E-state index contributed by atoms with van der Waals surface area (Å²) in [5, 5.41) is 3.08. The molecule has 1 amide bonds. The van der Waals surface area contributed by atoms with Crippen LogP contribution in [0.4, 0.5) is 5.69 Å². The average molecular weight is 365 g/mol. The lowest BCUT2D eigenvalue weighted by Gasteiger charge is -2.15. The molecule has 3 N–H and O–H groups in total. The smallest absolute Gasteiger partial charge is 0.227 e. The highest BCUT2D eigenvalue weighted by atomic mass is 35.5. The van der Waals surface area contributed by atoms with Crippen LogP contribution in [-0.2, 0) is 19.4 Å². The second-order valence-corrected chi connectivity index (χ2v) is 7.66. The van der Waals surface area contributed by atoms with Gasteiger partial charge in [-0.25, -0.2) is 8.42 Å². The highest BCUT2D eigenvalue weighted by molar-refractivity contribution is 7.90. The number of rotatable bonds is 9. The Morgan fingerprint density at radius 3 is 2.70 bits per heavy atom. The quantitative estimate of drug-likeness (QED) is 0.678. The third-order valence-electron chi connectivity index (χ3n) is 2.94. The van der Waals surface area contributed by atoms with Crippen LogP contribution in [0, 0.1) is 0 Å². The van der Waals surface area contributed by atoms with E-state index in [-0.39, 0.29) is 37.3 Å². The predicted octanol–water partition coefficient (Wildman–Crippen LogP) is 1.07. The number of benzene rings is 1. The van der Waals surface area contributed by atoms with Crippen LogP contribution in [0.1, 0.15) is 6.42 Å². The zero-order valence-electron chi connectivity index (χ0n) is 13.0. The zero-order chi connectivity index (χ0) is 17.5. The van der Waals surface area contributed by atoms with Gasteiger partial charge in [0.25, 0.3) is 0 Å². The summed E-state index contributed by atoms with van der Waals surface area (Å²) >= 11 is 5.92. The van der Waals surface area contributed by atoms with Gasteiger partial charge in [0, 0.05) is 24.9 Å². The normalized spacial score (nSPS) is 12.7. The van der Waals surface area contributed by atoms with Gasteiger partial charge in [-0.3, -0.25) is 4.79 Å². The summed E-state index contributed by atoms with van der Waals surface area (Å²) < 4.78 is 32.7. The average Bonchev–Trinajstić information content (AvgIpc) is 2.45. The van der Waals surface area contributed by atoms with E-state index >= 15 is 0 Å². The molecule has 130 valence electrons. The van der Waals surface area contributed by atoms with E-state index in [2.05, 4.69) is 5.32 Å². The minimum atomic E-state index is -3.13. The fourth-order valence-corrected chi connectivity index (χ4v) is 2.26. The highest BCUT2D eigenvalue weighted by Crippen LogP contribution is 2.28. The number of carbonyl (C=O) groups excluding carboxylic acids is 1. The molecule has 0 heterocycles. The standard InChI is InChI=1S/C14H21ClN2O5S/c1-21-11(9-16)8-14(18)17-12-7-10(15)3-4-13(12)22-5-6-23(2,19)20/h3-4,7,11H,5-6,8-9,16H2,1-2H3,(H,17,18). The summed E-state index contributed by atoms with van der Waals surface area (Å²) in [6, 6.07) is 4.68. The number of carbonyl (C=O) groups is 1. The van der Waals surface area contributed by atoms with Gasteiger partial charge in [-0.05, 0) is 18.2 Å².